The summed E-state index contributed by atoms with van der Waals surface area (Å²) in [7, 11) is -2.97. The number of ether oxygens (including phenoxy) is 1. The SMILES string of the molecule is CC(C)(C)OC=O.CS(=O)(=O)NC1CNC1. The topological polar surface area (TPSA) is 84.5 Å². The van der Waals surface area contributed by atoms with Crippen molar-refractivity contribution in [1.29, 1.82) is 0 Å². The van der Waals surface area contributed by atoms with Crippen molar-refractivity contribution in [3.05, 3.63) is 0 Å². The quantitative estimate of drug-likeness (QED) is 0.659. The molecule has 1 saturated heterocycles. The average molecular weight is 252 g/mol. The monoisotopic (exact) mass is 252 g/mol. The molecule has 1 aliphatic rings. The van der Waals surface area contributed by atoms with E-state index in [1.54, 1.807) is 0 Å². The van der Waals surface area contributed by atoms with Crippen LogP contribution in [0.1, 0.15) is 20.8 Å². The van der Waals surface area contributed by atoms with Crippen molar-refractivity contribution < 1.29 is 17.9 Å². The summed E-state index contributed by atoms with van der Waals surface area (Å²) in [6, 6.07) is 0.125. The van der Waals surface area contributed by atoms with Gasteiger partial charge in [0.25, 0.3) is 6.47 Å². The molecule has 6 nitrogen and oxygen atoms in total. The molecule has 0 bridgehead atoms. The molecule has 0 aromatic carbocycles. The Bertz CT molecular complexity index is 304. The molecule has 0 radical (unpaired) electrons. The van der Waals surface area contributed by atoms with Crippen LogP contribution in [-0.4, -0.2) is 45.9 Å². The highest BCUT2D eigenvalue weighted by Gasteiger charge is 2.19. The Morgan fingerprint density at radius 1 is 1.38 bits per heavy atom. The first-order chi connectivity index (χ1) is 7.14. The summed E-state index contributed by atoms with van der Waals surface area (Å²) < 4.78 is 28.0. The summed E-state index contributed by atoms with van der Waals surface area (Å²) >= 11 is 0. The lowest BCUT2D eigenvalue weighted by Gasteiger charge is -2.26. The third-order valence-corrected chi connectivity index (χ3v) is 2.33. The maximum absolute atomic E-state index is 10.5. The Morgan fingerprint density at radius 2 is 1.88 bits per heavy atom. The van der Waals surface area contributed by atoms with Crippen molar-refractivity contribution in [1.82, 2.24) is 10.0 Å². The Kier molecular flexibility index (Phi) is 5.91. The van der Waals surface area contributed by atoms with Gasteiger partial charge in [0.05, 0.1) is 6.26 Å². The summed E-state index contributed by atoms with van der Waals surface area (Å²) in [5.74, 6) is 0. The molecule has 0 unspecified atom stereocenters. The van der Waals surface area contributed by atoms with E-state index in [-0.39, 0.29) is 11.6 Å². The molecule has 0 spiro atoms. The molecule has 1 heterocycles. The van der Waals surface area contributed by atoms with E-state index in [2.05, 4.69) is 14.8 Å². The standard InChI is InChI=1S/C5H10O2.C4H10N2O2S/c1-5(2,3)7-4-6;1-9(7,8)6-4-2-5-3-4/h4H,1-3H3;4-6H,2-3H2,1H3. The van der Waals surface area contributed by atoms with E-state index in [1.807, 2.05) is 20.8 Å². The zero-order valence-corrected chi connectivity index (χ0v) is 10.9. The molecular weight excluding hydrogens is 232 g/mol. The zero-order valence-electron chi connectivity index (χ0n) is 10.1. The first-order valence-electron chi connectivity index (χ1n) is 4.93. The normalized spacial score (nSPS) is 16.8. The molecule has 0 amide bonds. The fraction of sp³-hybridized carbons (Fsp3) is 0.889. The zero-order chi connectivity index (χ0) is 12.8. The summed E-state index contributed by atoms with van der Waals surface area (Å²) in [6.45, 7) is 7.43. The number of rotatable bonds is 3. The van der Waals surface area contributed by atoms with Gasteiger partial charge in [0.1, 0.15) is 5.60 Å². The van der Waals surface area contributed by atoms with Crippen LogP contribution in [0.5, 0.6) is 0 Å². The smallest absolute Gasteiger partial charge is 0.293 e. The van der Waals surface area contributed by atoms with E-state index in [1.165, 1.54) is 6.26 Å². The lowest BCUT2D eigenvalue weighted by atomic mass is 10.2. The minimum absolute atomic E-state index is 0.125. The molecule has 1 rings (SSSR count). The Balaban J connectivity index is 0.000000293. The van der Waals surface area contributed by atoms with Crippen molar-refractivity contribution >= 4 is 16.5 Å². The van der Waals surface area contributed by atoms with Crippen LogP contribution in [-0.2, 0) is 19.6 Å². The van der Waals surface area contributed by atoms with Crippen LogP contribution in [0.15, 0.2) is 0 Å². The van der Waals surface area contributed by atoms with Crippen molar-refractivity contribution in [3.63, 3.8) is 0 Å². The van der Waals surface area contributed by atoms with Gasteiger partial charge in [-0.3, -0.25) is 4.79 Å². The van der Waals surface area contributed by atoms with Crippen molar-refractivity contribution in [2.45, 2.75) is 32.4 Å². The highest BCUT2D eigenvalue weighted by atomic mass is 32.2. The van der Waals surface area contributed by atoms with Gasteiger partial charge >= 0.3 is 0 Å². The van der Waals surface area contributed by atoms with Gasteiger partial charge in [0.15, 0.2) is 0 Å². The Morgan fingerprint density at radius 3 is 1.94 bits per heavy atom. The molecule has 2 N–H and O–H groups in total. The van der Waals surface area contributed by atoms with Gasteiger partial charge in [-0.05, 0) is 20.8 Å². The molecule has 0 aromatic heterocycles. The highest BCUT2D eigenvalue weighted by molar-refractivity contribution is 7.88. The second-order valence-electron chi connectivity index (χ2n) is 4.57. The minimum atomic E-state index is -2.97. The van der Waals surface area contributed by atoms with Crippen LogP contribution >= 0.6 is 0 Å². The minimum Gasteiger partial charge on any atom is -0.462 e. The van der Waals surface area contributed by atoms with E-state index >= 15 is 0 Å². The maximum atomic E-state index is 10.5. The van der Waals surface area contributed by atoms with Gasteiger partial charge in [0.2, 0.25) is 10.0 Å². The van der Waals surface area contributed by atoms with Crippen LogP contribution in [0.25, 0.3) is 0 Å². The van der Waals surface area contributed by atoms with E-state index < -0.39 is 10.0 Å². The van der Waals surface area contributed by atoms with E-state index in [9.17, 15) is 13.2 Å². The first-order valence-corrected chi connectivity index (χ1v) is 6.82. The molecule has 7 heteroatoms. The van der Waals surface area contributed by atoms with Gasteiger partial charge < -0.3 is 10.1 Å². The van der Waals surface area contributed by atoms with Crippen LogP contribution in [0, 0.1) is 0 Å². The number of hydrogen-bond donors (Lipinski definition) is 2. The summed E-state index contributed by atoms with van der Waals surface area (Å²) in [4.78, 5) is 9.60. The van der Waals surface area contributed by atoms with Crippen LogP contribution in [0.2, 0.25) is 0 Å². The molecule has 0 aliphatic carbocycles. The van der Waals surface area contributed by atoms with Crippen molar-refractivity contribution in [2.24, 2.45) is 0 Å². The predicted molar refractivity (Wildman–Crippen MR) is 61.5 cm³/mol. The van der Waals surface area contributed by atoms with Crippen LogP contribution < -0.4 is 10.0 Å². The molecular formula is C9H20N2O4S. The highest BCUT2D eigenvalue weighted by Crippen LogP contribution is 2.02. The number of nitrogens with one attached hydrogen (secondary N) is 2. The average Bonchev–Trinajstić information content (AvgIpc) is 1.94. The fourth-order valence-corrected chi connectivity index (χ4v) is 1.59. The van der Waals surface area contributed by atoms with Gasteiger partial charge in [0, 0.05) is 19.1 Å². The summed E-state index contributed by atoms with van der Waals surface area (Å²) in [5.41, 5.74) is -0.318. The third kappa shape index (κ3) is 9.88. The number of carbonyl (C=O) groups excluding carboxylic acids is 1. The Hall–Kier alpha value is -0.660. The van der Waals surface area contributed by atoms with Crippen LogP contribution in [0.3, 0.4) is 0 Å². The number of carbonyl (C=O) groups is 1. The maximum Gasteiger partial charge on any atom is 0.293 e. The van der Waals surface area contributed by atoms with Gasteiger partial charge in [-0.2, -0.15) is 0 Å². The molecule has 1 aliphatic heterocycles. The number of hydrogen-bond acceptors (Lipinski definition) is 5. The first kappa shape index (κ1) is 15.3. The second kappa shape index (κ2) is 6.17. The molecule has 96 valence electrons. The number of sulfonamides is 1. The molecule has 16 heavy (non-hydrogen) atoms. The Labute approximate surface area is 96.8 Å². The van der Waals surface area contributed by atoms with Gasteiger partial charge in [-0.15, -0.1) is 0 Å². The van der Waals surface area contributed by atoms with Gasteiger partial charge in [-0.1, -0.05) is 0 Å². The van der Waals surface area contributed by atoms with E-state index in [0.29, 0.717) is 6.47 Å². The second-order valence-corrected chi connectivity index (χ2v) is 6.35. The third-order valence-electron chi connectivity index (χ3n) is 1.56. The molecule has 1 fully saturated rings. The summed E-state index contributed by atoms with van der Waals surface area (Å²) in [6.07, 6.45) is 1.17. The predicted octanol–water partition coefficient (Wildman–Crippen LogP) is -0.535. The van der Waals surface area contributed by atoms with Crippen molar-refractivity contribution in [2.75, 3.05) is 19.3 Å². The van der Waals surface area contributed by atoms with Gasteiger partial charge in [-0.25, -0.2) is 13.1 Å². The fourth-order valence-electron chi connectivity index (χ4n) is 0.819. The summed E-state index contributed by atoms with van der Waals surface area (Å²) in [5, 5.41) is 2.96. The largest absolute Gasteiger partial charge is 0.462 e. The lowest BCUT2D eigenvalue weighted by Crippen LogP contribution is -2.56. The van der Waals surface area contributed by atoms with Crippen molar-refractivity contribution in [3.8, 4) is 0 Å². The van der Waals surface area contributed by atoms with E-state index in [0.717, 1.165) is 13.1 Å². The molecule has 0 atom stereocenters. The van der Waals surface area contributed by atoms with Crippen LogP contribution in [0.4, 0.5) is 0 Å². The van der Waals surface area contributed by atoms with E-state index in [4.69, 9.17) is 0 Å². The molecule has 0 aromatic rings. The lowest BCUT2D eigenvalue weighted by molar-refractivity contribution is -0.138. The molecule has 0 saturated carbocycles.